The summed E-state index contributed by atoms with van der Waals surface area (Å²) in [6, 6.07) is 0. The van der Waals surface area contributed by atoms with Gasteiger partial charge in [-0.1, -0.05) is 0 Å². The minimum Gasteiger partial charge on any atom is -0.479 e. The molecule has 2 aromatic rings. The molecule has 2 N–H and O–H groups in total. The molecule has 0 amide bonds. The van der Waals surface area contributed by atoms with Gasteiger partial charge >= 0.3 is 0 Å². The number of nitrogens with zero attached hydrogens (tertiary/aromatic N) is 4. The van der Waals surface area contributed by atoms with Gasteiger partial charge in [0.2, 0.25) is 11.8 Å². The quantitative estimate of drug-likeness (QED) is 0.796. The molecule has 7 nitrogen and oxygen atoms in total. The second-order valence-electron chi connectivity index (χ2n) is 3.11. The summed E-state index contributed by atoms with van der Waals surface area (Å²) >= 11 is 0. The minimum absolute atomic E-state index is 0.154. The van der Waals surface area contributed by atoms with E-state index in [9.17, 15) is 0 Å². The number of nitrogens with two attached hydrogens (primary N) is 1. The molecule has 0 aliphatic heterocycles. The average Bonchev–Trinajstić information content (AvgIpc) is 2.68. The molecule has 2 aromatic heterocycles. The van der Waals surface area contributed by atoms with Crippen molar-refractivity contribution >= 4 is 17.1 Å². The Balaban J connectivity index is 2.49. The summed E-state index contributed by atoms with van der Waals surface area (Å²) in [4.78, 5) is 12.2. The third-order valence-corrected chi connectivity index (χ3v) is 2.12. The van der Waals surface area contributed by atoms with Crippen LogP contribution in [0.2, 0.25) is 0 Å². The number of ether oxygens (including phenoxy) is 2. The fourth-order valence-corrected chi connectivity index (χ4v) is 1.40. The van der Waals surface area contributed by atoms with E-state index in [0.717, 1.165) is 0 Å². The molecular formula is C9H12N5O2. The van der Waals surface area contributed by atoms with Crippen LogP contribution in [0.15, 0.2) is 6.33 Å². The average molecular weight is 222 g/mol. The van der Waals surface area contributed by atoms with E-state index < -0.39 is 0 Å². The number of fused-ring (bicyclic) bond motifs is 1. The standard InChI is InChI=1S/C9H12N5O2/c1-15-4-3-14-5-11-6-7(14)12-9(10)13-8(6)16-2/h5H,1,3-4H2,2H3,(H2,10,12,13). The van der Waals surface area contributed by atoms with Crippen LogP contribution in [0.5, 0.6) is 5.88 Å². The van der Waals surface area contributed by atoms with Crippen molar-refractivity contribution in [1.29, 1.82) is 0 Å². The number of aromatic nitrogens is 4. The van der Waals surface area contributed by atoms with Crippen molar-refractivity contribution in [2.24, 2.45) is 0 Å². The Morgan fingerprint density at radius 3 is 3.00 bits per heavy atom. The summed E-state index contributed by atoms with van der Waals surface area (Å²) in [5.74, 6) is 0.526. The third-order valence-electron chi connectivity index (χ3n) is 2.12. The Morgan fingerprint density at radius 2 is 2.31 bits per heavy atom. The maximum absolute atomic E-state index is 5.57. The molecule has 85 valence electrons. The number of hydrogen-bond acceptors (Lipinski definition) is 6. The number of rotatable bonds is 4. The van der Waals surface area contributed by atoms with E-state index >= 15 is 0 Å². The van der Waals surface area contributed by atoms with Crippen molar-refractivity contribution in [2.75, 3.05) is 19.5 Å². The topological polar surface area (TPSA) is 88.1 Å². The van der Waals surface area contributed by atoms with Crippen LogP contribution in [0.1, 0.15) is 0 Å². The first-order valence-corrected chi connectivity index (χ1v) is 4.65. The molecule has 0 saturated heterocycles. The predicted molar refractivity (Wildman–Crippen MR) is 57.6 cm³/mol. The molecule has 0 fully saturated rings. The van der Waals surface area contributed by atoms with Gasteiger partial charge in [0.15, 0.2) is 11.2 Å². The first kappa shape index (κ1) is 10.6. The Kier molecular flexibility index (Phi) is 2.86. The minimum atomic E-state index is 0.154. The van der Waals surface area contributed by atoms with Crippen LogP contribution in [0, 0.1) is 7.11 Å². The van der Waals surface area contributed by atoms with Crippen LogP contribution in [-0.4, -0.2) is 33.2 Å². The molecule has 0 aliphatic carbocycles. The van der Waals surface area contributed by atoms with Crippen LogP contribution in [0.4, 0.5) is 5.95 Å². The number of hydrogen-bond donors (Lipinski definition) is 1. The van der Waals surface area contributed by atoms with Gasteiger partial charge in [-0.25, -0.2) is 4.98 Å². The van der Waals surface area contributed by atoms with Gasteiger partial charge in [0.1, 0.15) is 0 Å². The van der Waals surface area contributed by atoms with Crippen molar-refractivity contribution in [3.05, 3.63) is 13.4 Å². The van der Waals surface area contributed by atoms with Crippen LogP contribution < -0.4 is 10.5 Å². The van der Waals surface area contributed by atoms with E-state index in [2.05, 4.69) is 22.1 Å². The van der Waals surface area contributed by atoms with Crippen molar-refractivity contribution in [1.82, 2.24) is 19.5 Å². The van der Waals surface area contributed by atoms with Crippen molar-refractivity contribution in [3.8, 4) is 5.88 Å². The number of methoxy groups -OCH3 is 1. The highest BCUT2D eigenvalue weighted by atomic mass is 16.5. The van der Waals surface area contributed by atoms with Gasteiger partial charge in [0.25, 0.3) is 0 Å². The molecule has 0 bridgehead atoms. The summed E-state index contributed by atoms with van der Waals surface area (Å²) in [6.07, 6.45) is 1.64. The molecule has 0 aromatic carbocycles. The Labute approximate surface area is 92.2 Å². The summed E-state index contributed by atoms with van der Waals surface area (Å²) in [5, 5.41) is 0. The molecule has 0 unspecified atom stereocenters. The molecule has 2 heterocycles. The molecule has 16 heavy (non-hydrogen) atoms. The highest BCUT2D eigenvalue weighted by Gasteiger charge is 2.12. The van der Waals surface area contributed by atoms with Gasteiger partial charge in [0, 0.05) is 6.54 Å². The summed E-state index contributed by atoms with van der Waals surface area (Å²) < 4.78 is 11.6. The van der Waals surface area contributed by atoms with Crippen molar-refractivity contribution in [3.63, 3.8) is 0 Å². The summed E-state index contributed by atoms with van der Waals surface area (Å²) in [7, 11) is 4.81. The summed E-state index contributed by atoms with van der Waals surface area (Å²) in [5.41, 5.74) is 6.78. The Morgan fingerprint density at radius 1 is 1.50 bits per heavy atom. The molecule has 0 aliphatic rings. The maximum atomic E-state index is 5.57. The third kappa shape index (κ3) is 1.76. The van der Waals surface area contributed by atoms with Gasteiger partial charge < -0.3 is 19.8 Å². The molecule has 0 saturated carbocycles. The molecule has 0 atom stereocenters. The smallest absolute Gasteiger partial charge is 0.246 e. The van der Waals surface area contributed by atoms with Gasteiger partial charge in [-0.05, 0) is 0 Å². The number of imidazole rings is 1. The lowest BCUT2D eigenvalue weighted by Crippen LogP contribution is -2.05. The van der Waals surface area contributed by atoms with Gasteiger partial charge in [-0.2, -0.15) is 9.97 Å². The Hall–Kier alpha value is -1.89. The van der Waals surface area contributed by atoms with E-state index in [1.165, 1.54) is 7.11 Å². The van der Waals surface area contributed by atoms with Crippen molar-refractivity contribution in [2.45, 2.75) is 6.54 Å². The van der Waals surface area contributed by atoms with Gasteiger partial charge in [-0.15, -0.1) is 0 Å². The first-order chi connectivity index (χ1) is 7.76. The SMILES string of the molecule is [CH2]OCCn1cnc2c(OC)nc(N)nc21. The summed E-state index contributed by atoms with van der Waals surface area (Å²) in [6.45, 7) is 1.07. The fraction of sp³-hybridized carbons (Fsp3) is 0.333. The Bertz CT molecular complexity index is 496. The second kappa shape index (κ2) is 4.31. The van der Waals surface area contributed by atoms with Crippen LogP contribution >= 0.6 is 0 Å². The van der Waals surface area contributed by atoms with Crippen LogP contribution in [0.25, 0.3) is 11.2 Å². The highest BCUT2D eigenvalue weighted by Crippen LogP contribution is 2.21. The predicted octanol–water partition coefficient (Wildman–Crippen LogP) is 0.225. The van der Waals surface area contributed by atoms with E-state index in [4.69, 9.17) is 15.2 Å². The monoisotopic (exact) mass is 222 g/mol. The van der Waals surface area contributed by atoms with Crippen molar-refractivity contribution < 1.29 is 9.47 Å². The first-order valence-electron chi connectivity index (χ1n) is 4.65. The maximum Gasteiger partial charge on any atom is 0.246 e. The second-order valence-corrected chi connectivity index (χ2v) is 3.11. The molecule has 0 spiro atoms. The molecule has 2 rings (SSSR count). The zero-order chi connectivity index (χ0) is 11.5. The molecule has 1 radical (unpaired) electrons. The number of nitrogen functional groups attached to an aromatic ring is 1. The largest absolute Gasteiger partial charge is 0.479 e. The van der Waals surface area contributed by atoms with E-state index in [0.29, 0.717) is 30.2 Å². The van der Waals surface area contributed by atoms with E-state index in [1.54, 1.807) is 10.9 Å². The van der Waals surface area contributed by atoms with E-state index in [-0.39, 0.29) is 5.95 Å². The zero-order valence-electron chi connectivity index (χ0n) is 8.88. The number of anilines is 1. The lowest BCUT2D eigenvalue weighted by Gasteiger charge is -2.04. The zero-order valence-corrected chi connectivity index (χ0v) is 8.88. The lowest BCUT2D eigenvalue weighted by atomic mass is 10.5. The highest BCUT2D eigenvalue weighted by molar-refractivity contribution is 5.77. The van der Waals surface area contributed by atoms with Crippen LogP contribution in [0.3, 0.4) is 0 Å². The molecular weight excluding hydrogens is 210 g/mol. The normalized spacial score (nSPS) is 10.9. The fourth-order valence-electron chi connectivity index (χ4n) is 1.40. The van der Waals surface area contributed by atoms with Gasteiger partial charge in [-0.3, -0.25) is 0 Å². The van der Waals surface area contributed by atoms with Crippen LogP contribution in [-0.2, 0) is 11.3 Å². The van der Waals surface area contributed by atoms with E-state index in [1.807, 2.05) is 0 Å². The van der Waals surface area contributed by atoms with Gasteiger partial charge in [0.05, 0.1) is 27.2 Å². The lowest BCUT2D eigenvalue weighted by molar-refractivity contribution is 0.229. The molecule has 7 heteroatoms.